The number of carbonyl (C=O) groups excluding carboxylic acids is 2. The lowest BCUT2D eigenvalue weighted by Crippen LogP contribution is -2.47. The predicted molar refractivity (Wildman–Crippen MR) is 133 cm³/mol. The summed E-state index contributed by atoms with van der Waals surface area (Å²) in [6.07, 6.45) is 5.63. The van der Waals surface area contributed by atoms with Gasteiger partial charge < -0.3 is 25.2 Å². The predicted octanol–water partition coefficient (Wildman–Crippen LogP) is 4.04. The van der Waals surface area contributed by atoms with Crippen molar-refractivity contribution in [1.29, 1.82) is 0 Å². The van der Waals surface area contributed by atoms with Crippen LogP contribution in [0.1, 0.15) is 49.4 Å². The van der Waals surface area contributed by atoms with Gasteiger partial charge in [-0.3, -0.25) is 9.59 Å². The number of nitrogens with one attached hydrogen (secondary N) is 2. The Kier molecular flexibility index (Phi) is 7.37. The van der Waals surface area contributed by atoms with E-state index in [1.54, 1.807) is 7.11 Å². The molecule has 0 aromatic heterocycles. The van der Waals surface area contributed by atoms with Crippen molar-refractivity contribution in [2.45, 2.75) is 45.1 Å². The summed E-state index contributed by atoms with van der Waals surface area (Å²) < 4.78 is 5.53. The fourth-order valence-electron chi connectivity index (χ4n) is 4.86. The molecule has 0 spiro atoms. The highest BCUT2D eigenvalue weighted by Gasteiger charge is 2.25. The number of hydrogen-bond acceptors (Lipinski definition) is 5. The molecular weight excluding hydrogens is 416 g/mol. The van der Waals surface area contributed by atoms with Gasteiger partial charge in [0.05, 0.1) is 18.4 Å². The molecule has 1 saturated heterocycles. The molecule has 1 aliphatic heterocycles. The second-order valence-electron chi connectivity index (χ2n) is 8.87. The summed E-state index contributed by atoms with van der Waals surface area (Å²) in [5.74, 6) is 0.668. The molecule has 4 rings (SSSR count). The average Bonchev–Trinajstić information content (AvgIpc) is 2.84. The van der Waals surface area contributed by atoms with Crippen molar-refractivity contribution >= 4 is 28.9 Å². The number of rotatable bonds is 6. The molecule has 7 nitrogen and oxygen atoms in total. The molecule has 1 aliphatic carbocycles. The van der Waals surface area contributed by atoms with E-state index < -0.39 is 0 Å². The van der Waals surface area contributed by atoms with Crippen molar-refractivity contribution in [2.75, 3.05) is 48.4 Å². The molecule has 2 aromatic carbocycles. The molecule has 0 radical (unpaired) electrons. The van der Waals surface area contributed by atoms with E-state index in [0.29, 0.717) is 11.3 Å². The van der Waals surface area contributed by atoms with Crippen LogP contribution in [0.5, 0.6) is 5.75 Å². The number of benzene rings is 2. The van der Waals surface area contributed by atoms with E-state index in [1.165, 1.54) is 13.3 Å². The normalized spacial score (nSPS) is 16.9. The van der Waals surface area contributed by atoms with Crippen LogP contribution < -0.4 is 25.2 Å². The summed E-state index contributed by atoms with van der Waals surface area (Å²) in [6, 6.07) is 13.9. The van der Waals surface area contributed by atoms with Gasteiger partial charge in [-0.15, -0.1) is 0 Å². The highest BCUT2D eigenvalue weighted by Crippen LogP contribution is 2.31. The van der Waals surface area contributed by atoms with Gasteiger partial charge in [0.25, 0.3) is 5.91 Å². The Balaban J connectivity index is 1.52. The SMILES string of the molecule is COc1ccccc1N1CCN(c2ccc(NC(C)=O)cc2C(=O)NC2CCCCC2)CC1. The van der Waals surface area contributed by atoms with Gasteiger partial charge in [-0.25, -0.2) is 0 Å². The maximum atomic E-state index is 13.3. The first-order valence-corrected chi connectivity index (χ1v) is 11.9. The van der Waals surface area contributed by atoms with Gasteiger partial charge in [0, 0.05) is 50.5 Å². The molecule has 33 heavy (non-hydrogen) atoms. The van der Waals surface area contributed by atoms with Crippen molar-refractivity contribution in [3.05, 3.63) is 48.0 Å². The second kappa shape index (κ2) is 10.6. The molecule has 0 bridgehead atoms. The zero-order valence-corrected chi connectivity index (χ0v) is 19.6. The lowest BCUT2D eigenvalue weighted by atomic mass is 9.95. The molecule has 2 fully saturated rings. The van der Waals surface area contributed by atoms with E-state index >= 15 is 0 Å². The number of hydrogen-bond donors (Lipinski definition) is 2. The average molecular weight is 451 g/mol. The quantitative estimate of drug-likeness (QED) is 0.695. The van der Waals surface area contributed by atoms with E-state index in [0.717, 1.165) is 69.0 Å². The molecule has 2 aromatic rings. The Bertz CT molecular complexity index is 979. The summed E-state index contributed by atoms with van der Waals surface area (Å²) in [7, 11) is 1.70. The molecule has 1 saturated carbocycles. The van der Waals surface area contributed by atoms with Crippen LogP contribution in [0, 0.1) is 0 Å². The zero-order valence-electron chi connectivity index (χ0n) is 19.6. The van der Waals surface area contributed by atoms with Gasteiger partial charge >= 0.3 is 0 Å². The molecule has 0 atom stereocenters. The molecular formula is C26H34N4O3. The monoisotopic (exact) mass is 450 g/mol. The minimum absolute atomic E-state index is 0.0590. The van der Waals surface area contributed by atoms with Gasteiger partial charge in [0.1, 0.15) is 5.75 Å². The van der Waals surface area contributed by atoms with Crippen molar-refractivity contribution in [3.63, 3.8) is 0 Å². The lowest BCUT2D eigenvalue weighted by Gasteiger charge is -2.38. The number of ether oxygens (including phenoxy) is 1. The Labute approximate surface area is 196 Å². The molecule has 0 unspecified atom stereocenters. The first kappa shape index (κ1) is 23.0. The Morgan fingerprint density at radius 1 is 0.909 bits per heavy atom. The van der Waals surface area contributed by atoms with Crippen LogP contribution in [0.25, 0.3) is 0 Å². The largest absolute Gasteiger partial charge is 0.495 e. The zero-order chi connectivity index (χ0) is 23.2. The van der Waals surface area contributed by atoms with E-state index in [1.807, 2.05) is 36.4 Å². The summed E-state index contributed by atoms with van der Waals surface area (Å²) in [5, 5.41) is 6.06. The van der Waals surface area contributed by atoms with Gasteiger partial charge in [-0.1, -0.05) is 31.4 Å². The third-order valence-electron chi connectivity index (χ3n) is 6.55. The van der Waals surface area contributed by atoms with Gasteiger partial charge in [0.15, 0.2) is 0 Å². The molecule has 2 amide bonds. The number of amides is 2. The molecule has 1 heterocycles. The number of carbonyl (C=O) groups is 2. The van der Waals surface area contributed by atoms with Crippen molar-refractivity contribution < 1.29 is 14.3 Å². The van der Waals surface area contributed by atoms with Crippen LogP contribution in [-0.4, -0.2) is 51.1 Å². The standard InChI is InChI=1S/C26H34N4O3/c1-19(31)27-21-12-13-23(22(18-21)26(32)28-20-8-4-3-5-9-20)29-14-16-30(17-15-29)24-10-6-7-11-25(24)33-2/h6-7,10-13,18,20H,3-5,8-9,14-17H2,1-2H3,(H,27,31)(H,28,32). The number of nitrogens with zero attached hydrogens (tertiary/aromatic N) is 2. The van der Waals surface area contributed by atoms with Crippen molar-refractivity contribution in [2.24, 2.45) is 0 Å². The van der Waals surface area contributed by atoms with E-state index in [4.69, 9.17) is 4.74 Å². The lowest BCUT2D eigenvalue weighted by molar-refractivity contribution is -0.114. The van der Waals surface area contributed by atoms with Gasteiger partial charge in [0.2, 0.25) is 5.91 Å². The smallest absolute Gasteiger partial charge is 0.253 e. The minimum Gasteiger partial charge on any atom is -0.495 e. The van der Waals surface area contributed by atoms with Crippen LogP contribution in [0.4, 0.5) is 17.1 Å². The topological polar surface area (TPSA) is 73.9 Å². The van der Waals surface area contributed by atoms with Crippen LogP contribution in [0.3, 0.4) is 0 Å². The first-order valence-electron chi connectivity index (χ1n) is 11.9. The van der Waals surface area contributed by atoms with E-state index in [2.05, 4.69) is 26.5 Å². The van der Waals surface area contributed by atoms with Crippen LogP contribution >= 0.6 is 0 Å². The summed E-state index contributed by atoms with van der Waals surface area (Å²) in [4.78, 5) is 29.5. The highest BCUT2D eigenvalue weighted by atomic mass is 16.5. The first-order chi connectivity index (χ1) is 16.0. The highest BCUT2D eigenvalue weighted by molar-refractivity contribution is 6.02. The number of anilines is 3. The fourth-order valence-corrected chi connectivity index (χ4v) is 4.86. The van der Waals surface area contributed by atoms with Crippen molar-refractivity contribution in [1.82, 2.24) is 5.32 Å². The third-order valence-corrected chi connectivity index (χ3v) is 6.55. The summed E-state index contributed by atoms with van der Waals surface area (Å²) in [6.45, 7) is 4.73. The summed E-state index contributed by atoms with van der Waals surface area (Å²) >= 11 is 0. The van der Waals surface area contributed by atoms with E-state index in [-0.39, 0.29) is 17.9 Å². The van der Waals surface area contributed by atoms with E-state index in [9.17, 15) is 9.59 Å². The fraction of sp³-hybridized carbons (Fsp3) is 0.462. The van der Waals surface area contributed by atoms with Crippen LogP contribution in [0.2, 0.25) is 0 Å². The summed E-state index contributed by atoms with van der Waals surface area (Å²) in [5.41, 5.74) is 3.28. The third kappa shape index (κ3) is 5.59. The maximum Gasteiger partial charge on any atom is 0.253 e. The number of piperazine rings is 1. The molecule has 2 aliphatic rings. The number of methoxy groups -OCH3 is 1. The van der Waals surface area contributed by atoms with Crippen molar-refractivity contribution in [3.8, 4) is 5.75 Å². The second-order valence-corrected chi connectivity index (χ2v) is 8.87. The number of para-hydroxylation sites is 2. The van der Waals surface area contributed by atoms with Gasteiger partial charge in [-0.2, -0.15) is 0 Å². The molecule has 176 valence electrons. The molecule has 2 N–H and O–H groups in total. The Morgan fingerprint density at radius 3 is 2.24 bits per heavy atom. The molecule has 7 heteroatoms. The Morgan fingerprint density at radius 2 is 1.58 bits per heavy atom. The van der Waals surface area contributed by atoms with Crippen LogP contribution in [-0.2, 0) is 4.79 Å². The van der Waals surface area contributed by atoms with Crippen LogP contribution in [0.15, 0.2) is 42.5 Å². The van der Waals surface area contributed by atoms with Gasteiger partial charge in [-0.05, 0) is 43.2 Å². The Hall–Kier alpha value is -3.22. The maximum absolute atomic E-state index is 13.3. The minimum atomic E-state index is -0.146.